The molecule has 2 aromatic carbocycles. The van der Waals surface area contributed by atoms with Crippen LogP contribution in [0.2, 0.25) is 0 Å². The molecule has 0 unspecified atom stereocenters. The second-order valence-electron chi connectivity index (χ2n) is 6.49. The predicted molar refractivity (Wildman–Crippen MR) is 103 cm³/mol. The molecule has 1 aliphatic rings. The number of benzene rings is 2. The molecule has 5 rings (SSSR count). The third-order valence-electron chi connectivity index (χ3n) is 4.99. The molecule has 0 N–H and O–H groups in total. The van der Waals surface area contributed by atoms with E-state index in [0.29, 0.717) is 6.54 Å². The number of ether oxygens (including phenoxy) is 1. The average Bonchev–Trinajstić information content (AvgIpc) is 3.27. The van der Waals surface area contributed by atoms with Crippen molar-refractivity contribution < 1.29 is 9.15 Å². The van der Waals surface area contributed by atoms with Gasteiger partial charge in [0.2, 0.25) is 0 Å². The summed E-state index contributed by atoms with van der Waals surface area (Å²) < 4.78 is 13.8. The largest absolute Gasteiger partial charge is 0.493 e. The van der Waals surface area contributed by atoms with E-state index in [-0.39, 0.29) is 0 Å². The maximum Gasteiger partial charge on any atom is 0.176 e. The Morgan fingerprint density at radius 1 is 1.08 bits per heavy atom. The standard InChI is InChI=1S/C22H18N2O2/c1-14-6-3-8-17-16(14)13-23-21(18-9-5-11-24(17)18)20-12-15-7-4-10-19(25-2)22(15)26-20/h3-12H,13H2,1-2H3. The Kier molecular flexibility index (Phi) is 3.25. The molecule has 0 fully saturated rings. The van der Waals surface area contributed by atoms with Crippen molar-refractivity contribution in [3.8, 4) is 11.4 Å². The molecule has 1 aliphatic heterocycles. The summed E-state index contributed by atoms with van der Waals surface area (Å²) in [7, 11) is 1.66. The van der Waals surface area contributed by atoms with Crippen molar-refractivity contribution in [2.45, 2.75) is 13.5 Å². The van der Waals surface area contributed by atoms with E-state index in [1.54, 1.807) is 7.11 Å². The molecule has 26 heavy (non-hydrogen) atoms. The fourth-order valence-electron chi connectivity index (χ4n) is 3.66. The highest BCUT2D eigenvalue weighted by Gasteiger charge is 2.22. The lowest BCUT2D eigenvalue weighted by atomic mass is 10.1. The Labute approximate surface area is 151 Å². The highest BCUT2D eigenvalue weighted by molar-refractivity contribution is 6.12. The molecule has 0 bridgehead atoms. The van der Waals surface area contributed by atoms with E-state index in [9.17, 15) is 0 Å². The van der Waals surface area contributed by atoms with E-state index in [2.05, 4.69) is 42.0 Å². The van der Waals surface area contributed by atoms with Crippen LogP contribution in [0.5, 0.6) is 5.75 Å². The molecular weight excluding hydrogens is 324 g/mol. The molecule has 0 spiro atoms. The number of furan rings is 1. The number of nitrogens with zero attached hydrogens (tertiary/aromatic N) is 2. The maximum atomic E-state index is 6.17. The number of hydrogen-bond donors (Lipinski definition) is 0. The number of aromatic nitrogens is 1. The minimum atomic E-state index is 0.632. The molecule has 4 heteroatoms. The minimum Gasteiger partial charge on any atom is -0.493 e. The number of aliphatic imine (C=N–C) groups is 1. The Bertz CT molecular complexity index is 1160. The molecule has 0 saturated carbocycles. The van der Waals surface area contributed by atoms with Crippen molar-refractivity contribution >= 4 is 16.7 Å². The van der Waals surface area contributed by atoms with E-state index in [4.69, 9.17) is 14.1 Å². The summed E-state index contributed by atoms with van der Waals surface area (Å²) in [6.07, 6.45) is 2.08. The van der Waals surface area contributed by atoms with Crippen molar-refractivity contribution in [2.75, 3.05) is 7.11 Å². The molecule has 0 amide bonds. The van der Waals surface area contributed by atoms with Gasteiger partial charge in [0.25, 0.3) is 0 Å². The second-order valence-corrected chi connectivity index (χ2v) is 6.49. The summed E-state index contributed by atoms with van der Waals surface area (Å²) in [6, 6.07) is 18.4. The predicted octanol–water partition coefficient (Wildman–Crippen LogP) is 4.89. The van der Waals surface area contributed by atoms with E-state index in [1.807, 2.05) is 30.3 Å². The summed E-state index contributed by atoms with van der Waals surface area (Å²) in [4.78, 5) is 4.92. The van der Waals surface area contributed by atoms with Crippen LogP contribution in [0.25, 0.3) is 16.7 Å². The van der Waals surface area contributed by atoms with Gasteiger partial charge < -0.3 is 13.7 Å². The van der Waals surface area contributed by atoms with E-state index in [1.165, 1.54) is 16.8 Å². The monoisotopic (exact) mass is 342 g/mol. The third kappa shape index (κ3) is 2.12. The van der Waals surface area contributed by atoms with Gasteiger partial charge >= 0.3 is 0 Å². The highest BCUT2D eigenvalue weighted by Crippen LogP contribution is 2.32. The van der Waals surface area contributed by atoms with E-state index in [0.717, 1.165) is 33.9 Å². The Morgan fingerprint density at radius 2 is 1.96 bits per heavy atom. The van der Waals surface area contributed by atoms with Crippen molar-refractivity contribution in [1.29, 1.82) is 0 Å². The van der Waals surface area contributed by atoms with Gasteiger partial charge in [0.05, 0.1) is 25.0 Å². The fourth-order valence-corrected chi connectivity index (χ4v) is 3.66. The SMILES string of the molecule is COc1cccc2cc(C3=NCc4c(C)cccc4-n4cccc43)oc12. The van der Waals surface area contributed by atoms with Crippen LogP contribution in [0.3, 0.4) is 0 Å². The first-order valence-corrected chi connectivity index (χ1v) is 8.64. The van der Waals surface area contributed by atoms with Gasteiger partial charge in [-0.3, -0.25) is 4.99 Å². The molecule has 4 aromatic rings. The molecule has 0 saturated heterocycles. The molecule has 4 nitrogen and oxygen atoms in total. The van der Waals surface area contributed by atoms with Crippen LogP contribution in [0.4, 0.5) is 0 Å². The fraction of sp³-hybridized carbons (Fsp3) is 0.136. The molecule has 128 valence electrons. The molecule has 2 aromatic heterocycles. The van der Waals surface area contributed by atoms with Crippen molar-refractivity contribution in [3.63, 3.8) is 0 Å². The smallest absolute Gasteiger partial charge is 0.176 e. The van der Waals surface area contributed by atoms with Crippen LogP contribution in [0, 0.1) is 6.92 Å². The normalized spacial score (nSPS) is 13.1. The first-order chi connectivity index (χ1) is 12.8. The summed E-state index contributed by atoms with van der Waals surface area (Å²) in [5.41, 5.74) is 6.32. The van der Waals surface area contributed by atoms with Crippen LogP contribution in [-0.4, -0.2) is 17.4 Å². The van der Waals surface area contributed by atoms with Crippen molar-refractivity contribution in [1.82, 2.24) is 4.57 Å². The summed E-state index contributed by atoms with van der Waals surface area (Å²) in [5.74, 6) is 1.49. The first-order valence-electron chi connectivity index (χ1n) is 8.64. The number of aryl methyl sites for hydroxylation is 1. The number of hydrogen-bond acceptors (Lipinski definition) is 3. The lowest BCUT2D eigenvalue weighted by Gasteiger charge is -2.11. The maximum absolute atomic E-state index is 6.17. The topological polar surface area (TPSA) is 39.7 Å². The molecule has 3 heterocycles. The summed E-state index contributed by atoms with van der Waals surface area (Å²) in [6.45, 7) is 2.77. The van der Waals surface area contributed by atoms with Gasteiger partial charge in [0.1, 0.15) is 5.71 Å². The summed E-state index contributed by atoms with van der Waals surface area (Å²) in [5, 5.41) is 1.01. The highest BCUT2D eigenvalue weighted by atomic mass is 16.5. The molecule has 0 atom stereocenters. The number of para-hydroxylation sites is 1. The first kappa shape index (κ1) is 15.0. The molecular formula is C22H18N2O2. The van der Waals surface area contributed by atoms with Gasteiger partial charge in [0.15, 0.2) is 17.1 Å². The van der Waals surface area contributed by atoms with Crippen molar-refractivity contribution in [2.24, 2.45) is 4.99 Å². The molecule has 0 radical (unpaired) electrons. The lowest BCUT2D eigenvalue weighted by molar-refractivity contribution is 0.410. The number of rotatable bonds is 2. The second kappa shape index (κ2) is 5.63. The third-order valence-corrected chi connectivity index (χ3v) is 4.99. The van der Waals surface area contributed by atoms with Crippen LogP contribution in [0.1, 0.15) is 22.6 Å². The average molecular weight is 342 g/mol. The van der Waals surface area contributed by atoms with Gasteiger partial charge in [-0.15, -0.1) is 0 Å². The zero-order valence-corrected chi connectivity index (χ0v) is 14.7. The molecule has 0 aliphatic carbocycles. The van der Waals surface area contributed by atoms with Gasteiger partial charge in [-0.1, -0.05) is 24.3 Å². The Morgan fingerprint density at radius 3 is 2.85 bits per heavy atom. The summed E-state index contributed by atoms with van der Waals surface area (Å²) >= 11 is 0. The Hall–Kier alpha value is -3.27. The van der Waals surface area contributed by atoms with Crippen LogP contribution < -0.4 is 4.74 Å². The van der Waals surface area contributed by atoms with E-state index >= 15 is 0 Å². The number of methoxy groups -OCH3 is 1. The van der Waals surface area contributed by atoms with Crippen LogP contribution >= 0.6 is 0 Å². The number of fused-ring (bicyclic) bond motifs is 4. The Balaban J connectivity index is 1.73. The van der Waals surface area contributed by atoms with Gasteiger partial charge in [-0.05, 0) is 42.8 Å². The lowest BCUT2D eigenvalue weighted by Crippen LogP contribution is -2.07. The van der Waals surface area contributed by atoms with E-state index < -0.39 is 0 Å². The zero-order chi connectivity index (χ0) is 17.7. The van der Waals surface area contributed by atoms with Gasteiger partial charge in [0, 0.05) is 17.1 Å². The van der Waals surface area contributed by atoms with Crippen molar-refractivity contribution in [3.05, 3.63) is 83.4 Å². The quantitative estimate of drug-likeness (QED) is 0.520. The van der Waals surface area contributed by atoms with Crippen LogP contribution in [0.15, 0.2) is 70.2 Å². The zero-order valence-electron chi connectivity index (χ0n) is 14.7. The van der Waals surface area contributed by atoms with Crippen LogP contribution in [-0.2, 0) is 6.54 Å². The van der Waals surface area contributed by atoms with Gasteiger partial charge in [-0.2, -0.15) is 0 Å². The minimum absolute atomic E-state index is 0.632. The van der Waals surface area contributed by atoms with Gasteiger partial charge in [-0.25, -0.2) is 0 Å².